The first-order chi connectivity index (χ1) is 6.41. The van der Waals surface area contributed by atoms with Crippen LogP contribution in [0.5, 0.6) is 0 Å². The van der Waals surface area contributed by atoms with Crippen molar-refractivity contribution in [3.8, 4) is 0 Å². The van der Waals surface area contributed by atoms with Crippen molar-refractivity contribution in [1.29, 1.82) is 0 Å². The van der Waals surface area contributed by atoms with Crippen molar-refractivity contribution in [1.82, 2.24) is 14.9 Å². The second-order valence-corrected chi connectivity index (χ2v) is 4.54. The number of imidazole rings is 1. The van der Waals surface area contributed by atoms with E-state index in [1.807, 2.05) is 17.8 Å². The minimum atomic E-state index is 0.102. The van der Waals surface area contributed by atoms with Crippen LogP contribution in [0.2, 0.25) is 0 Å². The van der Waals surface area contributed by atoms with Gasteiger partial charge in [-0.05, 0) is 0 Å². The van der Waals surface area contributed by atoms with Gasteiger partial charge in [-0.3, -0.25) is 0 Å². The Kier molecular flexibility index (Phi) is 2.99. The van der Waals surface area contributed by atoms with Gasteiger partial charge in [0.15, 0.2) is 0 Å². The number of aryl methyl sites for hydroxylation is 1. The summed E-state index contributed by atoms with van der Waals surface area (Å²) in [5.41, 5.74) is 1.14. The smallest absolute Gasteiger partial charge is 0.127 e. The molecule has 78 valence electrons. The van der Waals surface area contributed by atoms with Gasteiger partial charge in [-0.15, -0.1) is 0 Å². The van der Waals surface area contributed by atoms with Crippen LogP contribution in [0.3, 0.4) is 0 Å². The van der Waals surface area contributed by atoms with Crippen molar-refractivity contribution < 1.29 is 0 Å². The van der Waals surface area contributed by atoms with Gasteiger partial charge in [-0.2, -0.15) is 0 Å². The number of rotatable bonds is 3. The fourth-order valence-corrected chi connectivity index (χ4v) is 1.02. The topological polar surface area (TPSA) is 29.9 Å². The Bertz CT molecular complexity index is 318. The molecule has 3 heteroatoms. The first kappa shape index (κ1) is 10.8. The molecule has 0 radical (unpaired) electrons. The molecular weight excluding hydrogens is 174 g/mol. The molecule has 0 saturated heterocycles. The summed E-state index contributed by atoms with van der Waals surface area (Å²) in [7, 11) is 1.99. The van der Waals surface area contributed by atoms with E-state index in [9.17, 15) is 0 Å². The quantitative estimate of drug-likeness (QED) is 0.796. The Labute approximate surface area is 85.8 Å². The lowest BCUT2D eigenvalue weighted by atomic mass is 9.93. The number of aromatic nitrogens is 2. The molecule has 0 atom stereocenters. The molecule has 0 aliphatic rings. The van der Waals surface area contributed by atoms with Crippen LogP contribution in [0.1, 0.15) is 26.6 Å². The predicted molar refractivity (Wildman–Crippen MR) is 58.6 cm³/mol. The summed E-state index contributed by atoms with van der Waals surface area (Å²) in [5, 5.41) is 3.29. The molecule has 0 aliphatic heterocycles. The third-order valence-corrected chi connectivity index (χ3v) is 2.29. The monoisotopic (exact) mass is 193 g/mol. The lowest BCUT2D eigenvalue weighted by molar-refractivity contribution is 0.457. The van der Waals surface area contributed by atoms with Gasteiger partial charge in [0.2, 0.25) is 0 Å². The lowest BCUT2D eigenvalue weighted by Gasteiger charge is -2.22. The Morgan fingerprint density at radius 2 is 2.21 bits per heavy atom. The van der Waals surface area contributed by atoms with Crippen molar-refractivity contribution in [3.05, 3.63) is 30.5 Å². The van der Waals surface area contributed by atoms with E-state index in [1.54, 1.807) is 6.20 Å². The van der Waals surface area contributed by atoms with Gasteiger partial charge in [0.05, 0.1) is 6.54 Å². The van der Waals surface area contributed by atoms with Crippen LogP contribution in [-0.4, -0.2) is 9.55 Å². The molecule has 1 aromatic rings. The van der Waals surface area contributed by atoms with Gasteiger partial charge >= 0.3 is 0 Å². The summed E-state index contributed by atoms with van der Waals surface area (Å²) in [6.07, 6.45) is 3.74. The van der Waals surface area contributed by atoms with Crippen molar-refractivity contribution in [2.24, 2.45) is 12.5 Å². The van der Waals surface area contributed by atoms with Crippen LogP contribution in [0, 0.1) is 5.41 Å². The molecule has 0 saturated carbocycles. The van der Waals surface area contributed by atoms with E-state index < -0.39 is 0 Å². The Morgan fingerprint density at radius 3 is 2.64 bits per heavy atom. The van der Waals surface area contributed by atoms with Crippen molar-refractivity contribution >= 4 is 0 Å². The normalized spacial score (nSPS) is 11.4. The summed E-state index contributed by atoms with van der Waals surface area (Å²) in [5.74, 6) is 1.02. The second kappa shape index (κ2) is 3.86. The molecule has 0 aromatic carbocycles. The highest BCUT2D eigenvalue weighted by Gasteiger charge is 2.14. The average Bonchev–Trinajstić information content (AvgIpc) is 2.45. The zero-order valence-electron chi connectivity index (χ0n) is 9.46. The summed E-state index contributed by atoms with van der Waals surface area (Å²) in [6, 6.07) is 0. The van der Waals surface area contributed by atoms with E-state index >= 15 is 0 Å². The van der Waals surface area contributed by atoms with E-state index in [-0.39, 0.29) is 5.41 Å². The maximum Gasteiger partial charge on any atom is 0.127 e. The largest absolute Gasteiger partial charge is 0.381 e. The van der Waals surface area contributed by atoms with Crippen LogP contribution in [-0.2, 0) is 13.6 Å². The minimum Gasteiger partial charge on any atom is -0.381 e. The molecule has 0 amide bonds. The second-order valence-electron chi connectivity index (χ2n) is 4.54. The molecule has 0 spiro atoms. The zero-order chi connectivity index (χ0) is 10.8. The Balaban J connectivity index is 2.50. The standard InChI is InChI=1S/C11H19N3/c1-9(11(2,3)4)13-8-10-12-6-7-14(10)5/h6-7,13H,1,8H2,2-5H3. The fraction of sp³-hybridized carbons (Fsp3) is 0.545. The molecule has 1 aromatic heterocycles. The van der Waals surface area contributed by atoms with Crippen molar-refractivity contribution in [2.45, 2.75) is 27.3 Å². The highest BCUT2D eigenvalue weighted by Crippen LogP contribution is 2.20. The summed E-state index contributed by atoms with van der Waals surface area (Å²) in [6.45, 7) is 11.2. The zero-order valence-corrected chi connectivity index (χ0v) is 9.46. The highest BCUT2D eigenvalue weighted by atomic mass is 15.1. The van der Waals surface area contributed by atoms with Crippen molar-refractivity contribution in [2.75, 3.05) is 0 Å². The molecule has 3 nitrogen and oxygen atoms in total. The van der Waals surface area contributed by atoms with Crippen LogP contribution in [0.25, 0.3) is 0 Å². The maximum absolute atomic E-state index is 4.23. The molecular formula is C11H19N3. The van der Waals surface area contributed by atoms with Crippen LogP contribution in [0.15, 0.2) is 24.7 Å². The number of nitrogens with one attached hydrogen (secondary N) is 1. The van der Waals surface area contributed by atoms with Gasteiger partial charge in [-0.25, -0.2) is 4.98 Å². The molecule has 1 rings (SSSR count). The molecule has 14 heavy (non-hydrogen) atoms. The Hall–Kier alpha value is -1.25. The molecule has 0 bridgehead atoms. The summed E-state index contributed by atoms with van der Waals surface area (Å²) >= 11 is 0. The molecule has 0 aliphatic carbocycles. The summed E-state index contributed by atoms with van der Waals surface area (Å²) in [4.78, 5) is 4.23. The van der Waals surface area contributed by atoms with Crippen LogP contribution >= 0.6 is 0 Å². The third-order valence-electron chi connectivity index (χ3n) is 2.29. The van der Waals surface area contributed by atoms with Crippen LogP contribution < -0.4 is 5.32 Å². The number of nitrogens with zero attached hydrogens (tertiary/aromatic N) is 2. The van der Waals surface area contributed by atoms with E-state index in [1.165, 1.54) is 0 Å². The van der Waals surface area contributed by atoms with E-state index in [0.29, 0.717) is 0 Å². The summed E-state index contributed by atoms with van der Waals surface area (Å²) < 4.78 is 2.00. The fourth-order valence-electron chi connectivity index (χ4n) is 1.02. The van der Waals surface area contributed by atoms with Crippen LogP contribution in [0.4, 0.5) is 0 Å². The lowest BCUT2D eigenvalue weighted by Crippen LogP contribution is -2.24. The predicted octanol–water partition coefficient (Wildman–Crippen LogP) is 2.07. The third kappa shape index (κ3) is 2.62. The van der Waals surface area contributed by atoms with E-state index in [0.717, 1.165) is 18.1 Å². The first-order valence-electron chi connectivity index (χ1n) is 4.80. The van der Waals surface area contributed by atoms with Gasteiger partial charge in [0.1, 0.15) is 5.82 Å². The van der Waals surface area contributed by atoms with Gasteiger partial charge in [-0.1, -0.05) is 27.4 Å². The first-order valence-corrected chi connectivity index (χ1v) is 4.80. The van der Waals surface area contributed by atoms with Crippen molar-refractivity contribution in [3.63, 3.8) is 0 Å². The molecule has 1 N–H and O–H groups in total. The molecule has 0 unspecified atom stereocenters. The Morgan fingerprint density at radius 1 is 1.57 bits per heavy atom. The maximum atomic E-state index is 4.23. The number of hydrogen-bond donors (Lipinski definition) is 1. The average molecular weight is 193 g/mol. The van der Waals surface area contributed by atoms with Gasteiger partial charge in [0.25, 0.3) is 0 Å². The SMILES string of the molecule is C=C(NCc1nccn1C)C(C)(C)C. The molecule has 0 fully saturated rings. The number of hydrogen-bond acceptors (Lipinski definition) is 2. The van der Waals surface area contributed by atoms with Gasteiger partial charge < -0.3 is 9.88 Å². The van der Waals surface area contributed by atoms with Gasteiger partial charge in [0, 0.05) is 30.6 Å². The van der Waals surface area contributed by atoms with E-state index in [2.05, 4.69) is 37.7 Å². The number of allylic oxidation sites excluding steroid dienone is 1. The van der Waals surface area contributed by atoms with E-state index in [4.69, 9.17) is 0 Å². The minimum absolute atomic E-state index is 0.102. The highest BCUT2D eigenvalue weighted by molar-refractivity contribution is 5.04. The molecule has 1 heterocycles.